The smallest absolute Gasteiger partial charge is 0.407 e. The Morgan fingerprint density at radius 1 is 0.647 bits per heavy atom. The minimum Gasteiger partial charge on any atom is -0.453 e. The van der Waals surface area contributed by atoms with Crippen LogP contribution in [-0.4, -0.2) is 75.1 Å². The van der Waals surface area contributed by atoms with Gasteiger partial charge >= 0.3 is 12.2 Å². The number of ether oxygens (including phenoxy) is 2. The van der Waals surface area contributed by atoms with E-state index in [4.69, 9.17) is 19.4 Å². The molecule has 2 saturated carbocycles. The molecule has 2 aliphatic carbocycles. The number of likely N-dealkylation sites (tertiary alicyclic amines) is 1. The number of nitrogens with one attached hydrogen (secondary N) is 5. The van der Waals surface area contributed by atoms with Crippen LogP contribution >= 0.6 is 0 Å². The Morgan fingerprint density at radius 3 is 1.84 bits per heavy atom. The maximum Gasteiger partial charge on any atom is 0.407 e. The number of carbonyl (C=O) groups excluding carboxylic acids is 4. The fourth-order valence-corrected chi connectivity index (χ4v) is 10.1. The predicted molar refractivity (Wildman–Crippen MR) is 258 cm³/mol. The van der Waals surface area contributed by atoms with Crippen molar-refractivity contribution >= 4 is 56.8 Å². The molecule has 0 radical (unpaired) electrons. The monoisotopic (exact) mass is 906 g/mol. The third-order valence-corrected chi connectivity index (χ3v) is 13.9. The molecule has 2 aromatic heterocycles. The molecule has 11 rings (SSSR count). The van der Waals surface area contributed by atoms with Gasteiger partial charge in [0.1, 0.15) is 23.7 Å². The standard InChI is InChI=1S/C54H50N8O6/c1-67-53(65)60-48(30-9-5-3-6-10-30)51(63)59-42-27-38(42)19-22-47-55-40-20-17-36(25-43(40)56-47)34-15-13-33-24-35(16-14-32(33)23-34)37-18-21-41-44(26-37)58-50(57-41)46-29-39-28-45(39)62(46)52(64)49(61-54(66)68-2)31-11-7-4-8-12-31/h3-18,20-21,23-26,38-39,42,45-46,48-49H,19,22,27-29H2,1-2H3,(H,55,56)(H,57,58)(H,59,63)(H,60,65)(H,61,66)/t38-,39+,42+,45+,46-,48+,49+/m0/s1. The normalized spacial score (nSPS) is 20.1. The number of alkyl carbamates (subject to hydrolysis) is 2. The zero-order valence-corrected chi connectivity index (χ0v) is 37.6. The lowest BCUT2D eigenvalue weighted by molar-refractivity contribution is -0.135. The number of fused-ring (bicyclic) bond motifs is 4. The number of imidazole rings is 2. The first-order chi connectivity index (χ1) is 33.2. The van der Waals surface area contributed by atoms with Crippen LogP contribution in [0, 0.1) is 11.8 Å². The number of carbonyl (C=O) groups is 4. The Bertz CT molecular complexity index is 3230. The number of aromatic nitrogens is 4. The summed E-state index contributed by atoms with van der Waals surface area (Å²) >= 11 is 0. The lowest BCUT2D eigenvalue weighted by atomic mass is 9.97. The maximum absolute atomic E-state index is 14.3. The second kappa shape index (κ2) is 17.7. The van der Waals surface area contributed by atoms with Crippen molar-refractivity contribution in [1.29, 1.82) is 0 Å². The average molecular weight is 907 g/mol. The van der Waals surface area contributed by atoms with Gasteiger partial charge in [-0.25, -0.2) is 19.6 Å². The van der Waals surface area contributed by atoms with Crippen molar-refractivity contribution in [3.63, 3.8) is 0 Å². The van der Waals surface area contributed by atoms with E-state index < -0.39 is 24.3 Å². The number of piperidine rings is 1. The second-order valence-electron chi connectivity index (χ2n) is 18.2. The number of aryl methyl sites for hydroxylation is 1. The van der Waals surface area contributed by atoms with Crippen molar-refractivity contribution in [3.8, 4) is 22.3 Å². The highest BCUT2D eigenvalue weighted by Gasteiger charge is 2.56. The maximum atomic E-state index is 14.3. The number of methoxy groups -OCH3 is 2. The van der Waals surface area contributed by atoms with Crippen molar-refractivity contribution in [2.45, 2.75) is 62.3 Å². The van der Waals surface area contributed by atoms with Gasteiger partial charge in [-0.1, -0.05) is 97.1 Å². The first-order valence-corrected chi connectivity index (χ1v) is 23.1. The van der Waals surface area contributed by atoms with E-state index in [0.29, 0.717) is 23.0 Å². The molecule has 3 aliphatic rings. The number of benzene rings is 6. The highest BCUT2D eigenvalue weighted by molar-refractivity contribution is 5.94. The molecule has 0 bridgehead atoms. The number of rotatable bonds is 13. The van der Waals surface area contributed by atoms with Crippen LogP contribution in [0.2, 0.25) is 0 Å². The topological polar surface area (TPSA) is 183 Å². The van der Waals surface area contributed by atoms with Gasteiger partial charge in [0.25, 0.3) is 5.91 Å². The quantitative estimate of drug-likeness (QED) is 0.0759. The Labute approximate surface area is 391 Å². The number of hydrogen-bond acceptors (Lipinski definition) is 8. The first-order valence-electron chi connectivity index (χ1n) is 23.1. The van der Waals surface area contributed by atoms with E-state index in [1.54, 1.807) is 0 Å². The fourth-order valence-electron chi connectivity index (χ4n) is 10.1. The summed E-state index contributed by atoms with van der Waals surface area (Å²) in [6, 6.07) is 42.3. The third kappa shape index (κ3) is 8.49. The zero-order valence-electron chi connectivity index (χ0n) is 37.6. The predicted octanol–water partition coefficient (Wildman–Crippen LogP) is 9.22. The zero-order chi connectivity index (χ0) is 46.5. The summed E-state index contributed by atoms with van der Waals surface area (Å²) < 4.78 is 9.66. The molecule has 14 heteroatoms. The van der Waals surface area contributed by atoms with E-state index >= 15 is 0 Å². The van der Waals surface area contributed by atoms with Crippen molar-refractivity contribution in [3.05, 3.63) is 156 Å². The summed E-state index contributed by atoms with van der Waals surface area (Å²) in [7, 11) is 2.58. The van der Waals surface area contributed by atoms with Crippen LogP contribution in [0.1, 0.15) is 66.6 Å². The molecular formula is C54H50N8O6. The van der Waals surface area contributed by atoms with Crippen LogP contribution in [0.4, 0.5) is 9.59 Å². The number of aromatic amines is 2. The van der Waals surface area contributed by atoms with E-state index in [-0.39, 0.29) is 29.9 Å². The Hall–Kier alpha value is -8.00. The molecule has 0 unspecified atom stereocenters. The Balaban J connectivity index is 0.747. The number of hydrogen-bond donors (Lipinski definition) is 5. The summed E-state index contributed by atoms with van der Waals surface area (Å²) in [6.07, 6.45) is 2.95. The third-order valence-electron chi connectivity index (χ3n) is 13.9. The van der Waals surface area contributed by atoms with E-state index in [1.807, 2.05) is 71.6 Å². The van der Waals surface area contributed by atoms with Gasteiger partial charge in [-0.05, 0) is 118 Å². The highest BCUT2D eigenvalue weighted by atomic mass is 16.5. The molecule has 0 spiro atoms. The van der Waals surface area contributed by atoms with E-state index in [9.17, 15) is 19.2 Å². The number of H-pyrrole nitrogens is 2. The van der Waals surface area contributed by atoms with Gasteiger partial charge in [0.2, 0.25) is 5.91 Å². The molecule has 3 fully saturated rings. The van der Waals surface area contributed by atoms with Crippen LogP contribution in [0.15, 0.2) is 133 Å². The van der Waals surface area contributed by atoms with Gasteiger partial charge in [-0.15, -0.1) is 0 Å². The number of amides is 4. The minimum atomic E-state index is -0.873. The van der Waals surface area contributed by atoms with Gasteiger partial charge in [0.15, 0.2) is 0 Å². The van der Waals surface area contributed by atoms with Crippen molar-refractivity contribution in [1.82, 2.24) is 40.8 Å². The SMILES string of the molecule is COC(=O)N[C@@H](C(=O)N[C@@H]1C[C@@H]1CCc1nc2ccc(-c3ccc4cc(-c5ccc6nc([C@@H]7C[C@H]8C[C@H]8N7C(=O)[C@H](NC(=O)OC)c7ccccc7)[nH]c6c5)ccc4c3)cc2[nH]1)c1ccccc1. The Morgan fingerprint density at radius 2 is 1.21 bits per heavy atom. The molecule has 4 amide bonds. The summed E-state index contributed by atoms with van der Waals surface area (Å²) in [5.41, 5.74) is 9.34. The van der Waals surface area contributed by atoms with Crippen LogP contribution in [0.3, 0.4) is 0 Å². The van der Waals surface area contributed by atoms with Gasteiger partial charge in [-0.2, -0.15) is 0 Å². The van der Waals surface area contributed by atoms with E-state index in [0.717, 1.165) is 98.8 Å². The summed E-state index contributed by atoms with van der Waals surface area (Å²) in [4.78, 5) is 70.8. The molecule has 342 valence electrons. The summed E-state index contributed by atoms with van der Waals surface area (Å²) in [6.45, 7) is 0. The summed E-state index contributed by atoms with van der Waals surface area (Å²) in [5.74, 6) is 1.97. The molecule has 68 heavy (non-hydrogen) atoms. The first kappa shape index (κ1) is 42.6. The Kier molecular flexibility index (Phi) is 11.1. The van der Waals surface area contributed by atoms with Crippen molar-refractivity contribution in [2.75, 3.05) is 14.2 Å². The highest BCUT2D eigenvalue weighted by Crippen LogP contribution is 2.54. The van der Waals surface area contributed by atoms with Crippen LogP contribution < -0.4 is 16.0 Å². The van der Waals surface area contributed by atoms with Crippen LogP contribution in [0.25, 0.3) is 55.1 Å². The average Bonchev–Trinajstić information content (AvgIpc) is 4.13. The van der Waals surface area contributed by atoms with Gasteiger partial charge in [0, 0.05) is 18.5 Å². The van der Waals surface area contributed by atoms with Crippen molar-refractivity contribution in [2.24, 2.45) is 11.8 Å². The minimum absolute atomic E-state index is 0.0416. The lowest BCUT2D eigenvalue weighted by Gasteiger charge is -2.30. The van der Waals surface area contributed by atoms with E-state index in [1.165, 1.54) is 14.2 Å². The summed E-state index contributed by atoms with van der Waals surface area (Å²) in [5, 5.41) is 10.8. The van der Waals surface area contributed by atoms with Crippen LogP contribution in [-0.2, 0) is 25.5 Å². The molecule has 5 N–H and O–H groups in total. The lowest BCUT2D eigenvalue weighted by Crippen LogP contribution is -2.44. The molecule has 1 saturated heterocycles. The largest absolute Gasteiger partial charge is 0.453 e. The van der Waals surface area contributed by atoms with Gasteiger partial charge in [-0.3, -0.25) is 9.59 Å². The molecule has 3 heterocycles. The van der Waals surface area contributed by atoms with Gasteiger partial charge in [0.05, 0.1) is 42.3 Å². The molecular weight excluding hydrogens is 857 g/mol. The molecule has 8 aromatic rings. The molecule has 6 aromatic carbocycles. The fraction of sp³-hybridized carbons (Fsp3) is 0.259. The molecule has 14 nitrogen and oxygen atoms in total. The number of nitrogens with zero attached hydrogens (tertiary/aromatic N) is 3. The molecule has 7 atom stereocenters. The molecule has 1 aliphatic heterocycles. The van der Waals surface area contributed by atoms with Crippen molar-refractivity contribution < 1.29 is 28.7 Å². The van der Waals surface area contributed by atoms with Crippen LogP contribution in [0.5, 0.6) is 0 Å². The second-order valence-corrected chi connectivity index (χ2v) is 18.2. The van der Waals surface area contributed by atoms with Gasteiger partial charge < -0.3 is 40.3 Å². The van der Waals surface area contributed by atoms with E-state index in [2.05, 4.69) is 92.6 Å².